The van der Waals surface area contributed by atoms with Crippen LogP contribution in [-0.4, -0.2) is 9.97 Å². The van der Waals surface area contributed by atoms with Crippen molar-refractivity contribution in [2.45, 2.75) is 13.3 Å². The van der Waals surface area contributed by atoms with E-state index in [1.807, 2.05) is 24.3 Å². The fraction of sp³-hybridized carbons (Fsp3) is 0.167. The third-order valence-corrected chi connectivity index (χ3v) is 3.89. The maximum Gasteiger partial charge on any atom is 0.137 e. The van der Waals surface area contributed by atoms with Crippen molar-refractivity contribution in [3.63, 3.8) is 0 Å². The number of benzene rings is 1. The first-order valence-corrected chi connectivity index (χ1v) is 6.54. The number of rotatable bonds is 2. The first-order chi connectivity index (χ1) is 8.08. The Hall–Kier alpha value is -0.640. The molecule has 88 valence electrons. The Morgan fingerprint density at radius 2 is 1.71 bits per heavy atom. The van der Waals surface area contributed by atoms with Gasteiger partial charge in [-0.25, -0.2) is 9.97 Å². The largest absolute Gasteiger partial charge is 0.220 e. The third-order valence-electron chi connectivity index (χ3n) is 2.38. The van der Waals surface area contributed by atoms with Crippen LogP contribution in [0.25, 0.3) is 0 Å². The van der Waals surface area contributed by atoms with Crippen LogP contribution in [0.1, 0.15) is 17.0 Å². The van der Waals surface area contributed by atoms with Gasteiger partial charge in [0.1, 0.15) is 16.1 Å². The quantitative estimate of drug-likeness (QED) is 0.760. The van der Waals surface area contributed by atoms with E-state index in [9.17, 15) is 0 Å². The zero-order chi connectivity index (χ0) is 12.4. The average Bonchev–Trinajstić information content (AvgIpc) is 2.29. The van der Waals surface area contributed by atoms with Gasteiger partial charge >= 0.3 is 0 Å². The van der Waals surface area contributed by atoms with Crippen molar-refractivity contribution >= 4 is 39.1 Å². The van der Waals surface area contributed by atoms with Crippen LogP contribution in [-0.2, 0) is 6.42 Å². The molecular formula is C12H9BrCl2N2. The van der Waals surface area contributed by atoms with Gasteiger partial charge in [-0.15, -0.1) is 0 Å². The number of halogens is 3. The molecule has 0 radical (unpaired) electrons. The lowest BCUT2D eigenvalue weighted by atomic mass is 10.1. The van der Waals surface area contributed by atoms with Gasteiger partial charge in [0.05, 0.1) is 0 Å². The van der Waals surface area contributed by atoms with Crippen molar-refractivity contribution in [3.8, 4) is 0 Å². The van der Waals surface area contributed by atoms with E-state index < -0.39 is 0 Å². The Kier molecular flexibility index (Phi) is 4.02. The SMILES string of the molecule is Cc1c(Cl)nc(Cc2ccccc2Br)nc1Cl. The van der Waals surface area contributed by atoms with Crippen LogP contribution in [0.15, 0.2) is 28.7 Å². The van der Waals surface area contributed by atoms with E-state index in [1.54, 1.807) is 6.92 Å². The average molecular weight is 332 g/mol. The molecule has 2 rings (SSSR count). The van der Waals surface area contributed by atoms with Gasteiger partial charge in [0.2, 0.25) is 0 Å². The number of hydrogen-bond donors (Lipinski definition) is 0. The predicted molar refractivity (Wildman–Crippen MR) is 73.7 cm³/mol. The molecule has 2 aromatic rings. The monoisotopic (exact) mass is 330 g/mol. The molecule has 0 spiro atoms. The molecule has 1 heterocycles. The molecule has 0 amide bonds. The summed E-state index contributed by atoms with van der Waals surface area (Å²) in [4.78, 5) is 8.44. The van der Waals surface area contributed by atoms with Gasteiger partial charge in [-0.2, -0.15) is 0 Å². The Morgan fingerprint density at radius 1 is 1.12 bits per heavy atom. The highest BCUT2D eigenvalue weighted by atomic mass is 79.9. The van der Waals surface area contributed by atoms with Gasteiger partial charge in [0, 0.05) is 16.5 Å². The molecule has 0 saturated carbocycles. The molecule has 0 unspecified atom stereocenters. The second-order valence-electron chi connectivity index (χ2n) is 3.61. The summed E-state index contributed by atoms with van der Waals surface area (Å²) in [5.74, 6) is 0.623. The Labute approximate surface area is 118 Å². The van der Waals surface area contributed by atoms with Crippen molar-refractivity contribution < 1.29 is 0 Å². The van der Waals surface area contributed by atoms with E-state index in [1.165, 1.54) is 0 Å². The summed E-state index contributed by atoms with van der Waals surface area (Å²) in [6.07, 6.45) is 0.598. The molecule has 2 nitrogen and oxygen atoms in total. The third kappa shape index (κ3) is 2.97. The van der Waals surface area contributed by atoms with E-state index in [-0.39, 0.29) is 0 Å². The first kappa shape index (κ1) is 12.8. The summed E-state index contributed by atoms with van der Waals surface area (Å²) >= 11 is 15.4. The summed E-state index contributed by atoms with van der Waals surface area (Å²) < 4.78 is 1.02. The molecule has 1 aromatic carbocycles. The molecule has 0 bridgehead atoms. The van der Waals surface area contributed by atoms with Crippen molar-refractivity contribution in [3.05, 3.63) is 56.0 Å². The van der Waals surface area contributed by atoms with Crippen LogP contribution in [0.3, 0.4) is 0 Å². The second kappa shape index (κ2) is 5.34. The van der Waals surface area contributed by atoms with E-state index in [4.69, 9.17) is 23.2 Å². The highest BCUT2D eigenvalue weighted by Crippen LogP contribution is 2.23. The topological polar surface area (TPSA) is 25.8 Å². The van der Waals surface area contributed by atoms with Crippen LogP contribution in [0.2, 0.25) is 10.3 Å². The lowest BCUT2D eigenvalue weighted by Crippen LogP contribution is -2.00. The molecule has 0 aliphatic carbocycles. The van der Waals surface area contributed by atoms with Crippen molar-refractivity contribution in [2.24, 2.45) is 0 Å². The van der Waals surface area contributed by atoms with E-state index in [0.29, 0.717) is 28.1 Å². The normalized spacial score (nSPS) is 10.6. The number of hydrogen-bond acceptors (Lipinski definition) is 2. The molecule has 0 saturated heterocycles. The Balaban J connectivity index is 2.34. The van der Waals surface area contributed by atoms with Crippen LogP contribution >= 0.6 is 39.1 Å². The van der Waals surface area contributed by atoms with Gasteiger partial charge in [-0.1, -0.05) is 57.3 Å². The van der Waals surface area contributed by atoms with Crippen molar-refractivity contribution in [1.29, 1.82) is 0 Å². The molecule has 17 heavy (non-hydrogen) atoms. The minimum Gasteiger partial charge on any atom is -0.220 e. The zero-order valence-electron chi connectivity index (χ0n) is 9.04. The van der Waals surface area contributed by atoms with Crippen LogP contribution < -0.4 is 0 Å². The van der Waals surface area contributed by atoms with Crippen LogP contribution in [0.4, 0.5) is 0 Å². The highest BCUT2D eigenvalue weighted by molar-refractivity contribution is 9.10. The highest BCUT2D eigenvalue weighted by Gasteiger charge is 2.09. The molecule has 0 atom stereocenters. The van der Waals surface area contributed by atoms with E-state index >= 15 is 0 Å². The summed E-state index contributed by atoms with van der Waals surface area (Å²) in [6.45, 7) is 1.80. The minimum absolute atomic E-state index is 0.409. The summed E-state index contributed by atoms with van der Waals surface area (Å²) in [5.41, 5.74) is 1.81. The van der Waals surface area contributed by atoms with Crippen LogP contribution in [0, 0.1) is 6.92 Å². The Bertz CT molecular complexity index is 535. The number of aromatic nitrogens is 2. The van der Waals surface area contributed by atoms with Gasteiger partial charge in [0.25, 0.3) is 0 Å². The zero-order valence-corrected chi connectivity index (χ0v) is 12.1. The molecule has 1 aromatic heterocycles. The lowest BCUT2D eigenvalue weighted by molar-refractivity contribution is 0.953. The molecule has 0 fully saturated rings. The molecule has 0 N–H and O–H groups in total. The van der Waals surface area contributed by atoms with Gasteiger partial charge in [0.15, 0.2) is 0 Å². The van der Waals surface area contributed by atoms with Gasteiger partial charge in [-0.05, 0) is 18.6 Å². The minimum atomic E-state index is 0.409. The maximum atomic E-state index is 5.98. The molecule has 0 aliphatic rings. The summed E-state index contributed by atoms with van der Waals surface area (Å²) in [6, 6.07) is 7.92. The summed E-state index contributed by atoms with van der Waals surface area (Å²) in [7, 11) is 0. The van der Waals surface area contributed by atoms with Crippen molar-refractivity contribution in [2.75, 3.05) is 0 Å². The van der Waals surface area contributed by atoms with E-state index in [0.717, 1.165) is 10.0 Å². The van der Waals surface area contributed by atoms with E-state index in [2.05, 4.69) is 25.9 Å². The maximum absolute atomic E-state index is 5.98. The first-order valence-electron chi connectivity index (χ1n) is 5.00. The van der Waals surface area contributed by atoms with Gasteiger partial charge in [-0.3, -0.25) is 0 Å². The van der Waals surface area contributed by atoms with Crippen molar-refractivity contribution in [1.82, 2.24) is 9.97 Å². The molecule has 5 heteroatoms. The fourth-order valence-electron chi connectivity index (χ4n) is 1.40. The lowest BCUT2D eigenvalue weighted by Gasteiger charge is -2.06. The predicted octanol–water partition coefficient (Wildman–Crippen LogP) is 4.45. The molecule has 0 aliphatic heterocycles. The second-order valence-corrected chi connectivity index (χ2v) is 5.19. The summed E-state index contributed by atoms with van der Waals surface area (Å²) in [5, 5.41) is 0.819. The van der Waals surface area contributed by atoms with Crippen LogP contribution in [0.5, 0.6) is 0 Å². The smallest absolute Gasteiger partial charge is 0.137 e. The van der Waals surface area contributed by atoms with Gasteiger partial charge < -0.3 is 0 Å². The standard InChI is InChI=1S/C12H9BrCl2N2/c1-7-11(14)16-10(17-12(7)15)6-8-4-2-3-5-9(8)13/h2-5H,6H2,1H3. The number of nitrogens with zero attached hydrogens (tertiary/aromatic N) is 2. The Morgan fingerprint density at radius 3 is 2.29 bits per heavy atom. The fourth-order valence-corrected chi connectivity index (χ4v) is 2.24. The molecular weight excluding hydrogens is 323 g/mol.